The minimum absolute atomic E-state index is 0.299. The van der Waals surface area contributed by atoms with E-state index in [-0.39, 0.29) is 0 Å². The zero-order valence-corrected chi connectivity index (χ0v) is 12.4. The average Bonchev–Trinajstić information content (AvgIpc) is 2.39. The Morgan fingerprint density at radius 2 is 2.00 bits per heavy atom. The Labute approximate surface area is 115 Å². The Bertz CT molecular complexity index is 520. The Balaban J connectivity index is 2.08. The molecule has 0 aromatic carbocycles. The van der Waals surface area contributed by atoms with Crippen LogP contribution in [-0.2, 0) is 9.84 Å². The summed E-state index contributed by atoms with van der Waals surface area (Å²) in [6.45, 7) is 2.24. The molecule has 4 nitrogen and oxygen atoms in total. The number of aromatic nitrogens is 1. The van der Waals surface area contributed by atoms with E-state index >= 15 is 0 Å². The van der Waals surface area contributed by atoms with Crippen molar-refractivity contribution < 1.29 is 8.42 Å². The van der Waals surface area contributed by atoms with Crippen LogP contribution in [0.3, 0.4) is 0 Å². The summed E-state index contributed by atoms with van der Waals surface area (Å²) in [5.41, 5.74) is 0. The van der Waals surface area contributed by atoms with Crippen LogP contribution in [0.15, 0.2) is 23.2 Å². The third kappa shape index (κ3) is 3.69. The molecular formula is C14H22N2O2S. The quantitative estimate of drug-likeness (QED) is 0.922. The van der Waals surface area contributed by atoms with Gasteiger partial charge in [-0.25, -0.2) is 13.4 Å². The molecule has 0 unspecified atom stereocenters. The maximum Gasteiger partial charge on any atom is 0.179 e. The van der Waals surface area contributed by atoms with Crippen LogP contribution >= 0.6 is 0 Å². The second-order valence-corrected chi connectivity index (χ2v) is 7.38. The van der Waals surface area contributed by atoms with Gasteiger partial charge in [0.1, 0.15) is 10.7 Å². The summed E-state index contributed by atoms with van der Waals surface area (Å²) in [4.78, 5) is 4.49. The molecule has 19 heavy (non-hydrogen) atoms. The highest BCUT2D eigenvalue weighted by Crippen LogP contribution is 2.29. The predicted molar refractivity (Wildman–Crippen MR) is 77.0 cm³/mol. The molecule has 0 amide bonds. The van der Waals surface area contributed by atoms with Crippen molar-refractivity contribution in [1.82, 2.24) is 4.98 Å². The molecule has 0 saturated heterocycles. The highest BCUT2D eigenvalue weighted by molar-refractivity contribution is 7.90. The summed E-state index contributed by atoms with van der Waals surface area (Å²) in [7, 11) is -3.22. The minimum atomic E-state index is -3.22. The predicted octanol–water partition coefficient (Wildman–Crippen LogP) is 2.87. The lowest BCUT2D eigenvalue weighted by molar-refractivity contribution is 0.329. The lowest BCUT2D eigenvalue weighted by Crippen LogP contribution is -2.27. The van der Waals surface area contributed by atoms with E-state index in [0.29, 0.717) is 16.8 Å². The second kappa shape index (κ2) is 5.90. The average molecular weight is 282 g/mol. The third-order valence-corrected chi connectivity index (χ3v) is 5.06. The van der Waals surface area contributed by atoms with Crippen LogP contribution in [0.4, 0.5) is 5.82 Å². The maximum absolute atomic E-state index is 11.7. The van der Waals surface area contributed by atoms with Crippen LogP contribution in [0.25, 0.3) is 0 Å². The lowest BCUT2D eigenvalue weighted by atomic mass is 9.84. The molecule has 0 radical (unpaired) electrons. The summed E-state index contributed by atoms with van der Waals surface area (Å²) >= 11 is 0. The van der Waals surface area contributed by atoms with Gasteiger partial charge in [0.15, 0.2) is 9.84 Å². The Morgan fingerprint density at radius 1 is 1.32 bits per heavy atom. The van der Waals surface area contributed by atoms with Crippen molar-refractivity contribution in [2.24, 2.45) is 5.92 Å². The van der Waals surface area contributed by atoms with Gasteiger partial charge in [0.25, 0.3) is 0 Å². The number of rotatable bonds is 4. The Hall–Kier alpha value is -1.10. The van der Waals surface area contributed by atoms with Crippen molar-refractivity contribution >= 4 is 15.7 Å². The standard InChI is InChI=1S/C14H22N2O2S/c1-3-11-6-8-12(9-7-11)16-14-13(19(2,17)18)5-4-10-15-14/h4-5,10-12H,3,6-9H2,1-2H3,(H,15,16). The zero-order valence-electron chi connectivity index (χ0n) is 11.6. The van der Waals surface area contributed by atoms with E-state index in [1.54, 1.807) is 18.3 Å². The van der Waals surface area contributed by atoms with E-state index in [0.717, 1.165) is 18.8 Å². The molecule has 1 heterocycles. The molecule has 1 aromatic rings. The van der Waals surface area contributed by atoms with E-state index in [9.17, 15) is 8.42 Å². The van der Waals surface area contributed by atoms with Gasteiger partial charge < -0.3 is 5.32 Å². The summed E-state index contributed by atoms with van der Waals surface area (Å²) in [5, 5.41) is 3.31. The topological polar surface area (TPSA) is 59.1 Å². The van der Waals surface area contributed by atoms with E-state index in [4.69, 9.17) is 0 Å². The molecule has 1 aliphatic rings. The number of nitrogens with one attached hydrogen (secondary N) is 1. The first-order chi connectivity index (χ1) is 9.00. The molecule has 0 spiro atoms. The van der Waals surface area contributed by atoms with Crippen molar-refractivity contribution in [2.75, 3.05) is 11.6 Å². The van der Waals surface area contributed by atoms with Crippen molar-refractivity contribution in [3.05, 3.63) is 18.3 Å². The first kappa shape index (κ1) is 14.3. The molecule has 106 valence electrons. The van der Waals surface area contributed by atoms with Crippen molar-refractivity contribution in [3.8, 4) is 0 Å². The summed E-state index contributed by atoms with van der Waals surface area (Å²) in [5.74, 6) is 1.33. The first-order valence-corrected chi connectivity index (χ1v) is 8.81. The first-order valence-electron chi connectivity index (χ1n) is 6.92. The molecule has 1 N–H and O–H groups in total. The number of hydrogen-bond donors (Lipinski definition) is 1. The summed E-state index contributed by atoms with van der Waals surface area (Å²) in [6, 6.07) is 3.62. The molecule has 1 saturated carbocycles. The zero-order chi connectivity index (χ0) is 13.9. The van der Waals surface area contributed by atoms with Gasteiger partial charge in [-0.2, -0.15) is 0 Å². The Morgan fingerprint density at radius 3 is 2.58 bits per heavy atom. The SMILES string of the molecule is CCC1CCC(Nc2ncccc2S(C)(=O)=O)CC1. The van der Waals surface area contributed by atoms with Gasteiger partial charge in [-0.15, -0.1) is 0 Å². The molecular weight excluding hydrogens is 260 g/mol. The number of hydrogen-bond acceptors (Lipinski definition) is 4. The second-order valence-electron chi connectivity index (χ2n) is 5.39. The third-order valence-electron chi connectivity index (χ3n) is 3.94. The van der Waals surface area contributed by atoms with Gasteiger partial charge in [-0.1, -0.05) is 13.3 Å². The number of anilines is 1. The van der Waals surface area contributed by atoms with Crippen molar-refractivity contribution in [1.29, 1.82) is 0 Å². The Kier molecular flexibility index (Phi) is 4.45. The number of pyridine rings is 1. The molecule has 5 heteroatoms. The van der Waals surface area contributed by atoms with E-state index < -0.39 is 9.84 Å². The van der Waals surface area contributed by atoms with Crippen LogP contribution in [-0.4, -0.2) is 25.7 Å². The van der Waals surface area contributed by atoms with Gasteiger partial charge in [0.05, 0.1) is 0 Å². The fourth-order valence-electron chi connectivity index (χ4n) is 2.71. The van der Waals surface area contributed by atoms with Gasteiger partial charge in [-0.05, 0) is 43.7 Å². The van der Waals surface area contributed by atoms with Crippen molar-refractivity contribution in [3.63, 3.8) is 0 Å². The monoisotopic (exact) mass is 282 g/mol. The molecule has 1 fully saturated rings. The van der Waals surface area contributed by atoms with E-state index in [1.165, 1.54) is 25.5 Å². The lowest BCUT2D eigenvalue weighted by Gasteiger charge is -2.29. The number of sulfone groups is 1. The molecule has 0 bridgehead atoms. The maximum atomic E-state index is 11.7. The van der Waals surface area contributed by atoms with Gasteiger partial charge in [0.2, 0.25) is 0 Å². The summed E-state index contributed by atoms with van der Waals surface area (Å²) in [6.07, 6.45) is 8.73. The fraction of sp³-hybridized carbons (Fsp3) is 0.643. The van der Waals surface area contributed by atoms with Gasteiger partial charge >= 0.3 is 0 Å². The van der Waals surface area contributed by atoms with Crippen LogP contribution in [0, 0.1) is 5.92 Å². The van der Waals surface area contributed by atoms with E-state index in [1.807, 2.05) is 0 Å². The van der Waals surface area contributed by atoms with Crippen LogP contribution in [0.5, 0.6) is 0 Å². The van der Waals surface area contributed by atoms with Crippen LogP contribution < -0.4 is 5.32 Å². The fourth-order valence-corrected chi connectivity index (χ4v) is 3.50. The van der Waals surface area contributed by atoms with Crippen LogP contribution in [0.1, 0.15) is 39.0 Å². The van der Waals surface area contributed by atoms with Crippen LogP contribution in [0.2, 0.25) is 0 Å². The molecule has 1 aliphatic carbocycles. The van der Waals surface area contributed by atoms with Gasteiger partial charge in [-0.3, -0.25) is 0 Å². The highest BCUT2D eigenvalue weighted by atomic mass is 32.2. The largest absolute Gasteiger partial charge is 0.366 e. The number of nitrogens with zero attached hydrogens (tertiary/aromatic N) is 1. The molecule has 2 rings (SSSR count). The van der Waals surface area contributed by atoms with E-state index in [2.05, 4.69) is 17.2 Å². The minimum Gasteiger partial charge on any atom is -0.366 e. The smallest absolute Gasteiger partial charge is 0.179 e. The molecule has 0 aliphatic heterocycles. The summed E-state index contributed by atoms with van der Waals surface area (Å²) < 4.78 is 23.4. The van der Waals surface area contributed by atoms with Gasteiger partial charge in [0, 0.05) is 18.5 Å². The van der Waals surface area contributed by atoms with Crippen molar-refractivity contribution in [2.45, 2.75) is 50.0 Å². The highest BCUT2D eigenvalue weighted by Gasteiger charge is 2.22. The normalized spacial score (nSPS) is 24.1. The molecule has 0 atom stereocenters. The molecule has 1 aromatic heterocycles.